The number of rotatable bonds is 4. The first kappa shape index (κ1) is 21.2. The first-order valence-electron chi connectivity index (χ1n) is 11.9. The zero-order valence-corrected chi connectivity index (χ0v) is 19.4. The number of fused-ring (bicyclic) bond motifs is 2. The van der Waals surface area contributed by atoms with Crippen LogP contribution in [-0.2, 0) is 27.0 Å². The van der Waals surface area contributed by atoms with Crippen LogP contribution in [0.3, 0.4) is 0 Å². The largest absolute Gasteiger partial charge is 0.359 e. The monoisotopic (exact) mass is 431 g/mol. The van der Waals surface area contributed by atoms with Crippen LogP contribution in [0.5, 0.6) is 0 Å². The van der Waals surface area contributed by atoms with Crippen molar-refractivity contribution in [2.24, 2.45) is 0 Å². The molecule has 5 rings (SSSR count). The number of hydrogen-bond donors (Lipinski definition) is 1. The SMILES string of the molecule is CNC(=O)C[C@]1(C)C(=O)N(C2CCN([C@@]3(C)CCc4ccccc43)CC2)c2ccccc21. The van der Waals surface area contributed by atoms with Gasteiger partial charge in [-0.25, -0.2) is 0 Å². The normalized spacial score (nSPS) is 28.0. The summed E-state index contributed by atoms with van der Waals surface area (Å²) in [6.07, 6.45) is 4.39. The number of nitrogens with one attached hydrogen (secondary N) is 1. The van der Waals surface area contributed by atoms with Gasteiger partial charge < -0.3 is 10.2 Å². The molecule has 168 valence electrons. The van der Waals surface area contributed by atoms with Crippen LogP contribution in [0, 0.1) is 0 Å². The average Bonchev–Trinajstić information content (AvgIpc) is 3.27. The predicted octanol–water partition coefficient (Wildman–Crippen LogP) is 3.75. The number of aryl methyl sites for hydroxylation is 1. The maximum Gasteiger partial charge on any atom is 0.238 e. The number of piperidine rings is 1. The summed E-state index contributed by atoms with van der Waals surface area (Å²) in [6, 6.07) is 17.1. The Bertz CT molecular complexity index is 1060. The van der Waals surface area contributed by atoms with Crippen molar-refractivity contribution in [3.05, 3.63) is 65.2 Å². The predicted molar refractivity (Wildman–Crippen MR) is 127 cm³/mol. The molecule has 1 N–H and O–H groups in total. The average molecular weight is 432 g/mol. The van der Waals surface area contributed by atoms with Gasteiger partial charge in [-0.1, -0.05) is 42.5 Å². The molecule has 1 saturated heterocycles. The van der Waals surface area contributed by atoms with E-state index in [4.69, 9.17) is 0 Å². The molecule has 0 spiro atoms. The van der Waals surface area contributed by atoms with E-state index >= 15 is 0 Å². The van der Waals surface area contributed by atoms with Crippen LogP contribution in [0.2, 0.25) is 0 Å². The molecule has 0 radical (unpaired) electrons. The van der Waals surface area contributed by atoms with E-state index in [1.807, 2.05) is 36.1 Å². The summed E-state index contributed by atoms with van der Waals surface area (Å²) in [5, 5.41) is 2.70. The summed E-state index contributed by atoms with van der Waals surface area (Å²) in [6.45, 7) is 6.27. The first-order valence-corrected chi connectivity index (χ1v) is 11.9. The second kappa shape index (κ2) is 7.73. The van der Waals surface area contributed by atoms with Gasteiger partial charge in [0.15, 0.2) is 0 Å². The molecule has 3 aliphatic rings. The highest BCUT2D eigenvalue weighted by molar-refractivity contribution is 6.10. The quantitative estimate of drug-likeness (QED) is 0.802. The number of carbonyl (C=O) groups is 2. The summed E-state index contributed by atoms with van der Waals surface area (Å²) in [5.74, 6) is -0.0293. The fourth-order valence-corrected chi connectivity index (χ4v) is 6.31. The summed E-state index contributed by atoms with van der Waals surface area (Å²) in [4.78, 5) is 30.6. The Morgan fingerprint density at radius 1 is 1.03 bits per heavy atom. The fraction of sp³-hybridized carbons (Fsp3) is 0.481. The molecule has 0 bridgehead atoms. The van der Waals surface area contributed by atoms with Crippen molar-refractivity contribution >= 4 is 17.5 Å². The lowest BCUT2D eigenvalue weighted by molar-refractivity contribution is -0.129. The maximum absolute atomic E-state index is 13.7. The number of para-hydroxylation sites is 1. The third-order valence-corrected chi connectivity index (χ3v) is 8.25. The zero-order valence-electron chi connectivity index (χ0n) is 19.4. The van der Waals surface area contributed by atoms with Crippen LogP contribution in [0.25, 0.3) is 0 Å². The van der Waals surface area contributed by atoms with Gasteiger partial charge in [-0.3, -0.25) is 14.5 Å². The van der Waals surface area contributed by atoms with Crippen molar-refractivity contribution in [3.8, 4) is 0 Å². The fourth-order valence-electron chi connectivity index (χ4n) is 6.31. The Labute approximate surface area is 190 Å². The molecule has 2 atom stereocenters. The van der Waals surface area contributed by atoms with E-state index in [1.54, 1.807) is 7.05 Å². The van der Waals surface area contributed by atoms with Crippen LogP contribution in [-0.4, -0.2) is 42.9 Å². The molecular weight excluding hydrogens is 398 g/mol. The number of likely N-dealkylation sites (tertiary alicyclic amines) is 1. The number of hydrogen-bond acceptors (Lipinski definition) is 3. The molecule has 32 heavy (non-hydrogen) atoms. The van der Waals surface area contributed by atoms with Gasteiger partial charge >= 0.3 is 0 Å². The van der Waals surface area contributed by atoms with Crippen molar-refractivity contribution in [3.63, 3.8) is 0 Å². The number of nitrogens with zero attached hydrogens (tertiary/aromatic N) is 2. The molecule has 2 heterocycles. The minimum absolute atomic E-state index is 0.0678. The van der Waals surface area contributed by atoms with E-state index < -0.39 is 5.41 Å². The van der Waals surface area contributed by atoms with E-state index in [0.717, 1.165) is 50.0 Å². The highest BCUT2D eigenvalue weighted by atomic mass is 16.2. The van der Waals surface area contributed by atoms with Crippen LogP contribution >= 0.6 is 0 Å². The van der Waals surface area contributed by atoms with E-state index in [0.29, 0.717) is 0 Å². The molecule has 5 nitrogen and oxygen atoms in total. The Morgan fingerprint density at radius 2 is 1.69 bits per heavy atom. The van der Waals surface area contributed by atoms with E-state index in [-0.39, 0.29) is 29.8 Å². The maximum atomic E-state index is 13.7. The molecule has 2 aromatic rings. The Hall–Kier alpha value is -2.66. The van der Waals surface area contributed by atoms with Gasteiger partial charge in [-0.15, -0.1) is 0 Å². The van der Waals surface area contributed by atoms with Gasteiger partial charge in [0, 0.05) is 43.8 Å². The lowest BCUT2D eigenvalue weighted by Crippen LogP contribution is -2.53. The van der Waals surface area contributed by atoms with E-state index in [1.165, 1.54) is 11.1 Å². The molecule has 2 amide bonds. The molecule has 1 aliphatic carbocycles. The molecule has 5 heteroatoms. The number of benzene rings is 2. The highest BCUT2D eigenvalue weighted by Gasteiger charge is 2.51. The number of carbonyl (C=O) groups excluding carboxylic acids is 2. The second-order valence-corrected chi connectivity index (χ2v) is 10.0. The molecule has 1 fully saturated rings. The van der Waals surface area contributed by atoms with E-state index in [9.17, 15) is 9.59 Å². The van der Waals surface area contributed by atoms with Gasteiger partial charge in [0.2, 0.25) is 11.8 Å². The van der Waals surface area contributed by atoms with Crippen molar-refractivity contribution in [1.82, 2.24) is 10.2 Å². The van der Waals surface area contributed by atoms with Crippen LogP contribution in [0.4, 0.5) is 5.69 Å². The van der Waals surface area contributed by atoms with Crippen molar-refractivity contribution in [2.75, 3.05) is 25.0 Å². The van der Waals surface area contributed by atoms with E-state index in [2.05, 4.69) is 41.4 Å². The molecule has 0 saturated carbocycles. The van der Waals surface area contributed by atoms with Gasteiger partial charge in [-0.05, 0) is 62.3 Å². The Balaban J connectivity index is 1.37. The smallest absolute Gasteiger partial charge is 0.238 e. The third kappa shape index (κ3) is 3.09. The Morgan fingerprint density at radius 3 is 2.41 bits per heavy atom. The van der Waals surface area contributed by atoms with Gasteiger partial charge in [-0.2, -0.15) is 0 Å². The highest BCUT2D eigenvalue weighted by Crippen LogP contribution is 2.47. The molecule has 0 unspecified atom stereocenters. The van der Waals surface area contributed by atoms with Gasteiger partial charge in [0.25, 0.3) is 0 Å². The zero-order chi connectivity index (χ0) is 22.5. The van der Waals surface area contributed by atoms with Crippen LogP contribution < -0.4 is 10.2 Å². The number of anilines is 1. The molecular formula is C27H33N3O2. The van der Waals surface area contributed by atoms with Crippen LogP contribution in [0.15, 0.2) is 48.5 Å². The summed E-state index contributed by atoms with van der Waals surface area (Å²) >= 11 is 0. The van der Waals surface area contributed by atoms with Crippen LogP contribution in [0.1, 0.15) is 56.2 Å². The minimum Gasteiger partial charge on any atom is -0.359 e. The summed E-state index contributed by atoms with van der Waals surface area (Å²) in [5.41, 5.74) is 4.20. The van der Waals surface area contributed by atoms with Gasteiger partial charge in [0.1, 0.15) is 0 Å². The van der Waals surface area contributed by atoms with Crippen molar-refractivity contribution in [2.45, 2.75) is 62.9 Å². The standard InChI is InChI=1S/C27H33N3O2/c1-26(18-24(31)28-3)22-10-6-7-11-23(22)30(25(26)32)20-13-16-29(17-14-20)27(2)15-12-19-8-4-5-9-21(19)27/h4-11,20H,12-18H2,1-3H3,(H,28,31)/t26-,27-/m0/s1. The first-order chi connectivity index (χ1) is 15.4. The summed E-state index contributed by atoms with van der Waals surface area (Å²) in [7, 11) is 1.63. The minimum atomic E-state index is -0.801. The topological polar surface area (TPSA) is 52.7 Å². The molecule has 2 aliphatic heterocycles. The number of amides is 2. The van der Waals surface area contributed by atoms with Crippen molar-refractivity contribution < 1.29 is 9.59 Å². The Kier molecular flexibility index (Phi) is 5.12. The third-order valence-electron chi connectivity index (χ3n) is 8.25. The lowest BCUT2D eigenvalue weighted by Gasteiger charge is -2.45. The lowest BCUT2D eigenvalue weighted by atomic mass is 9.80. The van der Waals surface area contributed by atoms with Crippen molar-refractivity contribution in [1.29, 1.82) is 0 Å². The summed E-state index contributed by atoms with van der Waals surface area (Å²) < 4.78 is 0. The second-order valence-electron chi connectivity index (χ2n) is 10.0. The molecule has 0 aromatic heterocycles. The van der Waals surface area contributed by atoms with Gasteiger partial charge in [0.05, 0.1) is 5.41 Å². The molecule has 2 aromatic carbocycles.